The lowest BCUT2D eigenvalue weighted by molar-refractivity contribution is 0.0767. The molecular weight excluding hydrogens is 278 g/mol. The van der Waals surface area contributed by atoms with Gasteiger partial charge in [-0.05, 0) is 38.1 Å². The van der Waals surface area contributed by atoms with E-state index in [2.05, 4.69) is 21.4 Å². The molecule has 0 atom stereocenters. The van der Waals surface area contributed by atoms with Crippen LogP contribution in [-0.2, 0) is 0 Å². The largest absolute Gasteiger partial charge is 0.340 e. The Hall–Kier alpha value is -2.94. The number of carbonyl (C=O) groups is 1. The number of nitrogens with zero attached hydrogens (tertiary/aromatic N) is 4. The summed E-state index contributed by atoms with van der Waals surface area (Å²) in [4.78, 5) is 22.1. The minimum Gasteiger partial charge on any atom is -0.340 e. The normalized spacial score (nSPS) is 9.86. The van der Waals surface area contributed by atoms with E-state index in [-0.39, 0.29) is 5.91 Å². The van der Waals surface area contributed by atoms with Gasteiger partial charge in [0.05, 0.1) is 11.6 Å². The highest BCUT2D eigenvalue weighted by Gasteiger charge is 2.14. The first-order valence-electron chi connectivity index (χ1n) is 7.06. The molecule has 2 rings (SSSR count). The Morgan fingerprint density at radius 2 is 1.91 bits per heavy atom. The number of benzene rings is 1. The number of rotatable bonds is 5. The van der Waals surface area contributed by atoms with Crippen molar-refractivity contribution in [3.63, 3.8) is 0 Å². The van der Waals surface area contributed by atoms with Gasteiger partial charge in [-0.15, -0.1) is 0 Å². The van der Waals surface area contributed by atoms with Crippen molar-refractivity contribution in [1.29, 1.82) is 5.26 Å². The number of anilines is 2. The Morgan fingerprint density at radius 1 is 1.23 bits per heavy atom. The van der Waals surface area contributed by atoms with Gasteiger partial charge in [-0.25, -0.2) is 9.97 Å². The molecule has 0 radical (unpaired) electrons. The quantitative estimate of drug-likeness (QED) is 0.916. The summed E-state index contributed by atoms with van der Waals surface area (Å²) in [7, 11) is 0. The molecule has 0 saturated carbocycles. The summed E-state index contributed by atoms with van der Waals surface area (Å²) in [6.45, 7) is 5.13. The van der Waals surface area contributed by atoms with Gasteiger partial charge in [-0.3, -0.25) is 4.79 Å². The van der Waals surface area contributed by atoms with Crippen LogP contribution in [0.2, 0.25) is 0 Å². The number of nitriles is 1. The van der Waals surface area contributed by atoms with Gasteiger partial charge in [0.15, 0.2) is 0 Å². The molecule has 1 N–H and O–H groups in total. The van der Waals surface area contributed by atoms with Gasteiger partial charge in [-0.1, -0.05) is 0 Å². The first kappa shape index (κ1) is 15.4. The van der Waals surface area contributed by atoms with E-state index in [1.54, 1.807) is 35.2 Å². The second kappa shape index (κ2) is 7.18. The predicted molar refractivity (Wildman–Crippen MR) is 83.7 cm³/mol. The Kier molecular flexibility index (Phi) is 5.04. The zero-order chi connectivity index (χ0) is 15.9. The molecule has 0 saturated heterocycles. The maximum atomic E-state index is 12.3. The summed E-state index contributed by atoms with van der Waals surface area (Å²) in [5.41, 5.74) is 1.74. The van der Waals surface area contributed by atoms with Crippen molar-refractivity contribution in [2.75, 3.05) is 18.4 Å². The average molecular weight is 295 g/mol. The third kappa shape index (κ3) is 3.58. The van der Waals surface area contributed by atoms with Gasteiger partial charge in [0.2, 0.25) is 0 Å². The van der Waals surface area contributed by atoms with E-state index in [1.807, 2.05) is 13.8 Å². The maximum absolute atomic E-state index is 12.3. The van der Waals surface area contributed by atoms with Crippen molar-refractivity contribution in [1.82, 2.24) is 14.9 Å². The lowest BCUT2D eigenvalue weighted by Crippen LogP contribution is -2.31. The molecule has 0 spiro atoms. The molecule has 0 aliphatic heterocycles. The van der Waals surface area contributed by atoms with Crippen LogP contribution in [0.3, 0.4) is 0 Å². The fraction of sp³-hybridized carbons (Fsp3) is 0.250. The minimum absolute atomic E-state index is 0.115. The first-order valence-corrected chi connectivity index (χ1v) is 7.06. The summed E-state index contributed by atoms with van der Waals surface area (Å²) in [6.07, 6.45) is 1.36. The van der Waals surface area contributed by atoms with Crippen molar-refractivity contribution in [2.45, 2.75) is 13.8 Å². The minimum atomic E-state index is -0.115. The zero-order valence-electron chi connectivity index (χ0n) is 12.6. The van der Waals surface area contributed by atoms with Crippen molar-refractivity contribution < 1.29 is 4.79 Å². The van der Waals surface area contributed by atoms with Crippen LogP contribution in [0, 0.1) is 11.3 Å². The van der Waals surface area contributed by atoms with Gasteiger partial charge in [-0.2, -0.15) is 5.26 Å². The van der Waals surface area contributed by atoms with E-state index in [0.717, 1.165) is 5.69 Å². The number of hydrogen-bond acceptors (Lipinski definition) is 5. The number of nitrogens with one attached hydrogen (secondary N) is 1. The van der Waals surface area contributed by atoms with E-state index in [0.29, 0.717) is 30.2 Å². The van der Waals surface area contributed by atoms with Gasteiger partial charge in [0.1, 0.15) is 17.8 Å². The highest BCUT2D eigenvalue weighted by atomic mass is 16.2. The van der Waals surface area contributed by atoms with Crippen molar-refractivity contribution in [3.05, 3.63) is 47.9 Å². The van der Waals surface area contributed by atoms with E-state index in [9.17, 15) is 4.79 Å². The SMILES string of the molecule is CCN(CC)C(=O)c1cc(Nc2ccc(C#N)cc2)ncn1. The summed E-state index contributed by atoms with van der Waals surface area (Å²) >= 11 is 0. The third-order valence-corrected chi connectivity index (χ3v) is 3.22. The molecule has 2 aromatic rings. The topological polar surface area (TPSA) is 81.9 Å². The molecule has 0 unspecified atom stereocenters. The maximum Gasteiger partial charge on any atom is 0.272 e. The number of aromatic nitrogens is 2. The number of hydrogen-bond donors (Lipinski definition) is 1. The molecule has 1 aromatic carbocycles. The smallest absolute Gasteiger partial charge is 0.272 e. The van der Waals surface area contributed by atoms with Gasteiger partial charge in [0.25, 0.3) is 5.91 Å². The Bertz CT molecular complexity index is 686. The molecule has 6 nitrogen and oxygen atoms in total. The molecule has 1 aromatic heterocycles. The number of carbonyl (C=O) groups excluding carboxylic acids is 1. The molecule has 0 bridgehead atoms. The zero-order valence-corrected chi connectivity index (χ0v) is 12.6. The number of amides is 1. The molecule has 1 amide bonds. The van der Waals surface area contributed by atoms with Crippen molar-refractivity contribution in [2.24, 2.45) is 0 Å². The Morgan fingerprint density at radius 3 is 2.50 bits per heavy atom. The summed E-state index contributed by atoms with van der Waals surface area (Å²) in [5, 5.41) is 11.9. The highest BCUT2D eigenvalue weighted by molar-refractivity contribution is 5.93. The standard InChI is InChI=1S/C16H17N5O/c1-3-21(4-2)16(22)14-9-15(19-11-18-14)20-13-7-5-12(10-17)6-8-13/h5-9,11H,3-4H2,1-2H3,(H,18,19,20). The molecular formula is C16H17N5O. The fourth-order valence-corrected chi connectivity index (χ4v) is 1.99. The van der Waals surface area contributed by atoms with Crippen LogP contribution in [0.25, 0.3) is 0 Å². The third-order valence-electron chi connectivity index (χ3n) is 3.22. The Labute approximate surface area is 129 Å². The molecule has 0 aliphatic rings. The fourth-order valence-electron chi connectivity index (χ4n) is 1.99. The second-order valence-electron chi connectivity index (χ2n) is 4.58. The molecule has 112 valence electrons. The molecule has 0 aliphatic carbocycles. The highest BCUT2D eigenvalue weighted by Crippen LogP contribution is 2.15. The van der Waals surface area contributed by atoms with Crippen LogP contribution in [0.4, 0.5) is 11.5 Å². The van der Waals surface area contributed by atoms with Crippen LogP contribution >= 0.6 is 0 Å². The van der Waals surface area contributed by atoms with Crippen LogP contribution in [0.15, 0.2) is 36.7 Å². The first-order chi connectivity index (χ1) is 10.7. The van der Waals surface area contributed by atoms with Gasteiger partial charge < -0.3 is 10.2 Å². The molecule has 22 heavy (non-hydrogen) atoms. The monoisotopic (exact) mass is 295 g/mol. The average Bonchev–Trinajstić information content (AvgIpc) is 2.57. The summed E-state index contributed by atoms with van der Waals surface area (Å²) in [6, 6.07) is 10.7. The van der Waals surface area contributed by atoms with E-state index in [4.69, 9.17) is 5.26 Å². The summed E-state index contributed by atoms with van der Waals surface area (Å²) < 4.78 is 0. The van der Waals surface area contributed by atoms with Crippen molar-refractivity contribution >= 4 is 17.4 Å². The lowest BCUT2D eigenvalue weighted by atomic mass is 10.2. The van der Waals surface area contributed by atoms with E-state index in [1.165, 1.54) is 6.33 Å². The van der Waals surface area contributed by atoms with Gasteiger partial charge in [0, 0.05) is 24.8 Å². The van der Waals surface area contributed by atoms with Crippen LogP contribution in [-0.4, -0.2) is 33.9 Å². The summed E-state index contributed by atoms with van der Waals surface area (Å²) in [5.74, 6) is 0.422. The van der Waals surface area contributed by atoms with Crippen molar-refractivity contribution in [3.8, 4) is 6.07 Å². The molecule has 6 heteroatoms. The van der Waals surface area contributed by atoms with E-state index >= 15 is 0 Å². The van der Waals surface area contributed by atoms with Crippen LogP contribution in [0.1, 0.15) is 29.9 Å². The lowest BCUT2D eigenvalue weighted by Gasteiger charge is -2.18. The Balaban J connectivity index is 2.17. The molecule has 1 heterocycles. The van der Waals surface area contributed by atoms with Gasteiger partial charge >= 0.3 is 0 Å². The molecule has 0 fully saturated rings. The second-order valence-corrected chi connectivity index (χ2v) is 4.58. The predicted octanol–water partition coefficient (Wildman–Crippen LogP) is 2.57. The van der Waals surface area contributed by atoms with Crippen LogP contribution < -0.4 is 5.32 Å². The van der Waals surface area contributed by atoms with E-state index < -0.39 is 0 Å². The van der Waals surface area contributed by atoms with Crippen LogP contribution in [0.5, 0.6) is 0 Å².